The monoisotopic (exact) mass is 254 g/mol. The van der Waals surface area contributed by atoms with Gasteiger partial charge in [-0.15, -0.1) is 11.6 Å². The Morgan fingerprint density at radius 1 is 1.40 bits per heavy atom. The largest absolute Gasteiger partial charge is 0.306 e. The van der Waals surface area contributed by atoms with E-state index in [2.05, 4.69) is 16.7 Å². The fraction of sp³-hybridized carbons (Fsp3) is 1.00. The van der Waals surface area contributed by atoms with Gasteiger partial charge < -0.3 is 4.90 Å². The number of alkyl halides is 1. The van der Waals surface area contributed by atoms with Gasteiger partial charge in [0.15, 0.2) is 0 Å². The van der Waals surface area contributed by atoms with Crippen molar-refractivity contribution in [1.29, 1.82) is 0 Å². The highest BCUT2D eigenvalue weighted by Gasteiger charge is 2.17. The Morgan fingerprint density at radius 2 is 2.00 bits per heavy atom. The first-order valence-corrected chi connectivity index (χ1v) is 7.44. The highest BCUT2D eigenvalue weighted by Crippen LogP contribution is 2.18. The van der Waals surface area contributed by atoms with Crippen molar-refractivity contribution in [2.45, 2.75) is 19.3 Å². The lowest BCUT2D eigenvalue weighted by Crippen LogP contribution is -2.32. The van der Waals surface area contributed by atoms with Crippen molar-refractivity contribution in [3.63, 3.8) is 0 Å². The number of halogens is 1. The number of piperidine rings is 1. The topological polar surface area (TPSA) is 49.4 Å². The summed E-state index contributed by atoms with van der Waals surface area (Å²) in [5.74, 6) is 0.652. The van der Waals surface area contributed by atoms with Crippen molar-refractivity contribution in [3.8, 4) is 0 Å². The van der Waals surface area contributed by atoms with Crippen LogP contribution in [0.3, 0.4) is 0 Å². The van der Waals surface area contributed by atoms with Crippen molar-refractivity contribution in [2.75, 3.05) is 31.9 Å². The molecular weight excluding hydrogens is 236 g/mol. The van der Waals surface area contributed by atoms with Gasteiger partial charge in [0.1, 0.15) is 5.21 Å². The predicted molar refractivity (Wildman–Crippen MR) is 62.5 cm³/mol. The molecule has 1 heterocycles. The first kappa shape index (κ1) is 13.2. The van der Waals surface area contributed by atoms with Crippen LogP contribution in [-0.2, 0) is 10.0 Å². The second-order valence-corrected chi connectivity index (χ2v) is 6.54. The molecule has 0 saturated carbocycles. The normalized spacial score (nSPS) is 20.7. The Bertz CT molecular complexity index is 274. The molecule has 1 aliphatic heterocycles. The third-order valence-corrected chi connectivity index (χ3v) is 4.65. The number of hydrogen-bond acceptors (Lipinski definition) is 3. The van der Waals surface area contributed by atoms with Gasteiger partial charge in [-0.1, -0.05) is 0 Å². The summed E-state index contributed by atoms with van der Waals surface area (Å²) >= 11 is 5.28. The van der Waals surface area contributed by atoms with Crippen LogP contribution >= 0.6 is 11.6 Å². The van der Waals surface area contributed by atoms with Gasteiger partial charge in [-0.2, -0.15) is 0 Å². The summed E-state index contributed by atoms with van der Waals surface area (Å²) in [5, 5.41) is -0.347. The summed E-state index contributed by atoms with van der Waals surface area (Å²) in [5.41, 5.74) is 0. The molecule has 1 saturated heterocycles. The van der Waals surface area contributed by atoms with Crippen LogP contribution in [0.5, 0.6) is 0 Å². The second kappa shape index (κ2) is 6.03. The van der Waals surface area contributed by atoms with E-state index in [9.17, 15) is 8.42 Å². The van der Waals surface area contributed by atoms with Gasteiger partial charge in [0.2, 0.25) is 10.0 Å². The Morgan fingerprint density at radius 3 is 2.53 bits per heavy atom. The van der Waals surface area contributed by atoms with Gasteiger partial charge in [-0.3, -0.25) is 0 Å². The van der Waals surface area contributed by atoms with Gasteiger partial charge in [0.25, 0.3) is 0 Å². The average Bonchev–Trinajstić information content (AvgIpc) is 2.21. The van der Waals surface area contributed by atoms with E-state index in [0.717, 1.165) is 19.5 Å². The van der Waals surface area contributed by atoms with Gasteiger partial charge in [0.05, 0.1) is 0 Å². The molecular formula is C9H19ClN2O2S. The molecule has 0 aromatic rings. The Labute approximate surface area is 97.0 Å². The average molecular weight is 255 g/mol. The molecule has 1 aliphatic rings. The van der Waals surface area contributed by atoms with Crippen LogP contribution in [0.25, 0.3) is 0 Å². The maximum atomic E-state index is 11.0. The van der Waals surface area contributed by atoms with E-state index in [1.807, 2.05) is 0 Å². The molecule has 0 aromatic heterocycles. The van der Waals surface area contributed by atoms with E-state index < -0.39 is 10.0 Å². The summed E-state index contributed by atoms with van der Waals surface area (Å²) in [4.78, 5) is 2.30. The van der Waals surface area contributed by atoms with Crippen LogP contribution in [0.4, 0.5) is 0 Å². The first-order chi connectivity index (χ1) is 7.03. The summed E-state index contributed by atoms with van der Waals surface area (Å²) in [7, 11) is -1.11. The molecule has 0 aliphatic carbocycles. The minimum absolute atomic E-state index is 0.347. The lowest BCUT2D eigenvalue weighted by molar-refractivity contribution is 0.213. The zero-order chi connectivity index (χ0) is 11.3. The molecule has 6 heteroatoms. The molecule has 0 bridgehead atoms. The number of nitrogens with one attached hydrogen (secondary N) is 1. The van der Waals surface area contributed by atoms with Crippen molar-refractivity contribution in [3.05, 3.63) is 0 Å². The standard InChI is InChI=1S/C9H19ClN2O2S/c1-12-6-3-9(4-7-12)2-5-11-15(13,14)8-10/h9,11H,2-8H2,1H3. The van der Waals surface area contributed by atoms with E-state index in [0.29, 0.717) is 12.5 Å². The number of rotatable bonds is 5. The fourth-order valence-corrected chi connectivity index (χ4v) is 2.55. The van der Waals surface area contributed by atoms with Gasteiger partial charge in [-0.05, 0) is 45.3 Å². The number of nitrogens with zero attached hydrogens (tertiary/aromatic N) is 1. The van der Waals surface area contributed by atoms with Crippen LogP contribution in [0.1, 0.15) is 19.3 Å². The van der Waals surface area contributed by atoms with Crippen LogP contribution < -0.4 is 4.72 Å². The van der Waals surface area contributed by atoms with Gasteiger partial charge >= 0.3 is 0 Å². The predicted octanol–water partition coefficient (Wildman–Crippen LogP) is 0.834. The SMILES string of the molecule is CN1CCC(CCNS(=O)(=O)CCl)CC1. The lowest BCUT2D eigenvalue weighted by atomic mass is 9.94. The highest BCUT2D eigenvalue weighted by molar-refractivity contribution is 7.90. The highest BCUT2D eigenvalue weighted by atomic mass is 35.5. The van der Waals surface area contributed by atoms with E-state index in [1.165, 1.54) is 12.8 Å². The van der Waals surface area contributed by atoms with Crippen molar-refractivity contribution >= 4 is 21.6 Å². The van der Waals surface area contributed by atoms with Crippen LogP contribution in [0.2, 0.25) is 0 Å². The Hall–Kier alpha value is 0.160. The first-order valence-electron chi connectivity index (χ1n) is 5.25. The number of hydrogen-bond donors (Lipinski definition) is 1. The van der Waals surface area contributed by atoms with Crippen LogP contribution in [0.15, 0.2) is 0 Å². The molecule has 1 rings (SSSR count). The Balaban J connectivity index is 2.16. The Kier molecular flexibility index (Phi) is 5.32. The van der Waals surface area contributed by atoms with Crippen LogP contribution in [-0.4, -0.2) is 45.2 Å². The molecule has 15 heavy (non-hydrogen) atoms. The molecule has 0 aromatic carbocycles. The maximum Gasteiger partial charge on any atom is 0.225 e. The number of sulfonamides is 1. The van der Waals surface area contributed by atoms with E-state index in [4.69, 9.17) is 11.6 Å². The minimum atomic E-state index is -3.23. The molecule has 0 atom stereocenters. The zero-order valence-electron chi connectivity index (χ0n) is 9.08. The zero-order valence-corrected chi connectivity index (χ0v) is 10.6. The molecule has 4 nitrogen and oxygen atoms in total. The summed E-state index contributed by atoms with van der Waals surface area (Å²) in [6.07, 6.45) is 3.25. The van der Waals surface area contributed by atoms with Crippen molar-refractivity contribution in [2.24, 2.45) is 5.92 Å². The fourth-order valence-electron chi connectivity index (χ4n) is 1.81. The lowest BCUT2D eigenvalue weighted by Gasteiger charge is -2.28. The van der Waals surface area contributed by atoms with E-state index >= 15 is 0 Å². The van der Waals surface area contributed by atoms with Crippen molar-refractivity contribution < 1.29 is 8.42 Å². The van der Waals surface area contributed by atoms with E-state index in [1.54, 1.807) is 0 Å². The molecule has 90 valence electrons. The molecule has 1 N–H and O–H groups in total. The van der Waals surface area contributed by atoms with Gasteiger partial charge in [-0.25, -0.2) is 13.1 Å². The third kappa shape index (κ3) is 5.15. The second-order valence-electron chi connectivity index (χ2n) is 4.15. The molecule has 0 radical (unpaired) electrons. The molecule has 1 fully saturated rings. The van der Waals surface area contributed by atoms with Crippen LogP contribution in [0, 0.1) is 5.92 Å². The quantitative estimate of drug-likeness (QED) is 0.740. The number of likely N-dealkylation sites (tertiary alicyclic amines) is 1. The molecule has 0 amide bonds. The summed E-state index contributed by atoms with van der Waals surface area (Å²) < 4.78 is 24.6. The maximum absolute atomic E-state index is 11.0. The minimum Gasteiger partial charge on any atom is -0.306 e. The summed E-state index contributed by atoms with van der Waals surface area (Å²) in [6.45, 7) is 2.75. The summed E-state index contributed by atoms with van der Waals surface area (Å²) in [6, 6.07) is 0. The molecule has 0 unspecified atom stereocenters. The third-order valence-electron chi connectivity index (χ3n) is 2.86. The van der Waals surface area contributed by atoms with Crippen molar-refractivity contribution in [1.82, 2.24) is 9.62 Å². The van der Waals surface area contributed by atoms with E-state index in [-0.39, 0.29) is 5.21 Å². The molecule has 0 spiro atoms. The van der Waals surface area contributed by atoms with Gasteiger partial charge in [0, 0.05) is 6.54 Å². The smallest absolute Gasteiger partial charge is 0.225 e.